The van der Waals surface area contributed by atoms with Crippen LogP contribution in [0, 0.1) is 11.6 Å². The molecule has 0 radical (unpaired) electrons. The first-order valence-electron chi connectivity index (χ1n) is 5.17. The van der Waals surface area contributed by atoms with E-state index in [4.69, 9.17) is 4.74 Å². The van der Waals surface area contributed by atoms with Gasteiger partial charge in [-0.1, -0.05) is 6.92 Å². The first-order valence-corrected chi connectivity index (χ1v) is 5.17. The number of hydrogen-bond acceptors (Lipinski definition) is 2. The van der Waals surface area contributed by atoms with Crippen molar-refractivity contribution in [2.75, 3.05) is 13.2 Å². The molecule has 1 aromatic rings. The van der Waals surface area contributed by atoms with Gasteiger partial charge in [0.2, 0.25) is 0 Å². The molecule has 0 saturated heterocycles. The summed E-state index contributed by atoms with van der Waals surface area (Å²) in [6.45, 7) is 2.37. The number of halogens is 2. The molecular formula is C12H14F2O2. The SMILES string of the molecule is CCCOCC(=O)Cc1cc(F)ccc1F. The van der Waals surface area contributed by atoms with Gasteiger partial charge in [0.15, 0.2) is 5.78 Å². The lowest BCUT2D eigenvalue weighted by Crippen LogP contribution is -2.13. The van der Waals surface area contributed by atoms with E-state index < -0.39 is 11.6 Å². The van der Waals surface area contributed by atoms with Crippen molar-refractivity contribution in [1.82, 2.24) is 0 Å². The molecule has 16 heavy (non-hydrogen) atoms. The molecule has 0 bridgehead atoms. The van der Waals surface area contributed by atoms with Crippen molar-refractivity contribution in [3.8, 4) is 0 Å². The van der Waals surface area contributed by atoms with Gasteiger partial charge < -0.3 is 4.74 Å². The Morgan fingerprint density at radius 3 is 2.81 bits per heavy atom. The Kier molecular flexibility index (Phi) is 5.05. The highest BCUT2D eigenvalue weighted by molar-refractivity contribution is 5.82. The highest BCUT2D eigenvalue weighted by atomic mass is 19.1. The summed E-state index contributed by atoms with van der Waals surface area (Å²) in [5, 5.41) is 0. The smallest absolute Gasteiger partial charge is 0.162 e. The second kappa shape index (κ2) is 6.33. The Morgan fingerprint density at radius 1 is 1.38 bits per heavy atom. The number of benzene rings is 1. The highest BCUT2D eigenvalue weighted by Crippen LogP contribution is 2.10. The van der Waals surface area contributed by atoms with Gasteiger partial charge in [-0.05, 0) is 30.2 Å². The quantitative estimate of drug-likeness (QED) is 0.699. The van der Waals surface area contributed by atoms with E-state index in [-0.39, 0.29) is 24.4 Å². The fourth-order valence-electron chi connectivity index (χ4n) is 1.27. The first kappa shape index (κ1) is 12.8. The zero-order chi connectivity index (χ0) is 12.0. The maximum Gasteiger partial charge on any atom is 0.162 e. The van der Waals surface area contributed by atoms with Gasteiger partial charge in [-0.15, -0.1) is 0 Å². The number of hydrogen-bond donors (Lipinski definition) is 0. The number of ether oxygens (including phenoxy) is 1. The van der Waals surface area contributed by atoms with Crippen molar-refractivity contribution in [2.24, 2.45) is 0 Å². The Hall–Kier alpha value is -1.29. The Labute approximate surface area is 93.2 Å². The Morgan fingerprint density at radius 2 is 2.12 bits per heavy atom. The lowest BCUT2D eigenvalue weighted by atomic mass is 10.1. The molecule has 0 aliphatic rings. The summed E-state index contributed by atoms with van der Waals surface area (Å²) >= 11 is 0. The third-order valence-electron chi connectivity index (χ3n) is 2.01. The van der Waals surface area contributed by atoms with Crippen LogP contribution in [-0.4, -0.2) is 19.0 Å². The van der Waals surface area contributed by atoms with Gasteiger partial charge in [-0.2, -0.15) is 0 Å². The first-order chi connectivity index (χ1) is 7.63. The van der Waals surface area contributed by atoms with Crippen molar-refractivity contribution in [3.63, 3.8) is 0 Å². The molecule has 0 atom stereocenters. The second-order valence-corrected chi connectivity index (χ2v) is 3.50. The summed E-state index contributed by atoms with van der Waals surface area (Å²) in [6, 6.07) is 3.08. The van der Waals surface area contributed by atoms with Crippen LogP contribution in [0.5, 0.6) is 0 Å². The number of rotatable bonds is 6. The predicted molar refractivity (Wildman–Crippen MR) is 56.2 cm³/mol. The number of ketones is 1. The van der Waals surface area contributed by atoms with Crippen molar-refractivity contribution in [1.29, 1.82) is 0 Å². The molecule has 4 heteroatoms. The minimum atomic E-state index is -0.565. The molecule has 0 unspecified atom stereocenters. The zero-order valence-electron chi connectivity index (χ0n) is 9.13. The number of Topliss-reactive ketones (excluding diaryl/α,β-unsaturated/α-hetero) is 1. The van der Waals surface area contributed by atoms with E-state index in [1.54, 1.807) is 0 Å². The zero-order valence-corrected chi connectivity index (χ0v) is 9.13. The van der Waals surface area contributed by atoms with Crippen LogP contribution < -0.4 is 0 Å². The van der Waals surface area contributed by atoms with E-state index in [9.17, 15) is 13.6 Å². The van der Waals surface area contributed by atoms with Gasteiger partial charge in [0.25, 0.3) is 0 Å². The molecule has 0 saturated carbocycles. The fraction of sp³-hybridized carbons (Fsp3) is 0.417. The van der Waals surface area contributed by atoms with Crippen LogP contribution in [0.2, 0.25) is 0 Å². The topological polar surface area (TPSA) is 26.3 Å². The van der Waals surface area contributed by atoms with Crippen molar-refractivity contribution in [2.45, 2.75) is 19.8 Å². The van der Waals surface area contributed by atoms with Crippen LogP contribution in [0.1, 0.15) is 18.9 Å². The molecule has 0 heterocycles. The van der Waals surface area contributed by atoms with Crippen LogP contribution in [0.25, 0.3) is 0 Å². The van der Waals surface area contributed by atoms with Crippen LogP contribution in [0.3, 0.4) is 0 Å². The van der Waals surface area contributed by atoms with Crippen LogP contribution in [-0.2, 0) is 16.0 Å². The minimum Gasteiger partial charge on any atom is -0.374 e. The Bertz CT molecular complexity index is 364. The largest absolute Gasteiger partial charge is 0.374 e. The van der Waals surface area contributed by atoms with Crippen molar-refractivity contribution < 1.29 is 18.3 Å². The molecule has 88 valence electrons. The molecule has 0 amide bonds. The minimum absolute atomic E-state index is 0.0518. The molecule has 0 spiro atoms. The molecule has 2 nitrogen and oxygen atoms in total. The third kappa shape index (κ3) is 4.06. The van der Waals surface area contributed by atoms with E-state index in [0.29, 0.717) is 6.61 Å². The van der Waals surface area contributed by atoms with Gasteiger partial charge in [0.05, 0.1) is 0 Å². The van der Waals surface area contributed by atoms with Crippen LogP contribution >= 0.6 is 0 Å². The maximum atomic E-state index is 13.2. The van der Waals surface area contributed by atoms with Gasteiger partial charge in [-0.25, -0.2) is 8.78 Å². The molecule has 0 aromatic heterocycles. The normalized spacial score (nSPS) is 10.4. The summed E-state index contributed by atoms with van der Waals surface area (Å²) in [6.07, 6.45) is 0.689. The molecule has 0 fully saturated rings. The molecule has 0 aliphatic carbocycles. The van der Waals surface area contributed by atoms with Gasteiger partial charge in [0, 0.05) is 13.0 Å². The molecule has 1 aromatic carbocycles. The average molecular weight is 228 g/mol. The van der Waals surface area contributed by atoms with E-state index in [2.05, 4.69) is 0 Å². The van der Waals surface area contributed by atoms with E-state index in [0.717, 1.165) is 24.6 Å². The molecule has 0 aliphatic heterocycles. The predicted octanol–water partition coefficient (Wildman–Crippen LogP) is 2.50. The summed E-state index contributed by atoms with van der Waals surface area (Å²) in [5.74, 6) is -1.36. The number of carbonyl (C=O) groups excluding carboxylic acids is 1. The monoisotopic (exact) mass is 228 g/mol. The fourth-order valence-corrected chi connectivity index (χ4v) is 1.27. The average Bonchev–Trinajstić information content (AvgIpc) is 2.24. The van der Waals surface area contributed by atoms with E-state index >= 15 is 0 Å². The van der Waals surface area contributed by atoms with Gasteiger partial charge >= 0.3 is 0 Å². The van der Waals surface area contributed by atoms with E-state index in [1.165, 1.54) is 0 Å². The third-order valence-corrected chi connectivity index (χ3v) is 2.01. The van der Waals surface area contributed by atoms with Crippen LogP contribution in [0.4, 0.5) is 8.78 Å². The van der Waals surface area contributed by atoms with E-state index in [1.807, 2.05) is 6.92 Å². The standard InChI is InChI=1S/C12H14F2O2/c1-2-5-16-8-11(15)7-9-6-10(13)3-4-12(9)14/h3-4,6H,2,5,7-8H2,1H3. The van der Waals surface area contributed by atoms with Gasteiger partial charge in [-0.3, -0.25) is 4.79 Å². The molecule has 0 N–H and O–H groups in total. The second-order valence-electron chi connectivity index (χ2n) is 3.50. The van der Waals surface area contributed by atoms with Crippen LogP contribution in [0.15, 0.2) is 18.2 Å². The summed E-state index contributed by atoms with van der Waals surface area (Å²) in [4.78, 5) is 11.3. The molecular weight excluding hydrogens is 214 g/mol. The van der Waals surface area contributed by atoms with Crippen molar-refractivity contribution in [3.05, 3.63) is 35.4 Å². The maximum absolute atomic E-state index is 13.2. The molecule has 1 rings (SSSR count). The highest BCUT2D eigenvalue weighted by Gasteiger charge is 2.09. The van der Waals surface area contributed by atoms with Crippen molar-refractivity contribution >= 4 is 5.78 Å². The summed E-state index contributed by atoms with van der Waals surface area (Å²) in [7, 11) is 0. The summed E-state index contributed by atoms with van der Waals surface area (Å²) in [5.41, 5.74) is 0.0742. The summed E-state index contributed by atoms with van der Waals surface area (Å²) < 4.78 is 31.0. The number of carbonyl (C=O) groups is 1. The Balaban J connectivity index is 2.52. The van der Waals surface area contributed by atoms with Gasteiger partial charge in [0.1, 0.15) is 18.2 Å². The lowest BCUT2D eigenvalue weighted by Gasteiger charge is -2.03. The lowest BCUT2D eigenvalue weighted by molar-refractivity contribution is -0.122.